The van der Waals surface area contributed by atoms with Gasteiger partial charge in [-0.25, -0.2) is 0 Å². The summed E-state index contributed by atoms with van der Waals surface area (Å²) in [5.41, 5.74) is 0. The van der Waals surface area contributed by atoms with Crippen molar-refractivity contribution in [2.75, 3.05) is 0 Å². The van der Waals surface area contributed by atoms with E-state index in [1.807, 2.05) is 0 Å². The summed E-state index contributed by atoms with van der Waals surface area (Å²) < 4.78 is 0. The van der Waals surface area contributed by atoms with Crippen molar-refractivity contribution in [2.24, 2.45) is 0 Å². The molecular weight excluding hydrogens is 168 g/mol. The van der Waals surface area contributed by atoms with E-state index in [-0.39, 0.29) is 7.43 Å². The Balaban J connectivity index is -0.000000163. The Hall–Kier alpha value is 0. The summed E-state index contributed by atoms with van der Waals surface area (Å²) in [5.74, 6) is 0. The topological polar surface area (TPSA) is 0 Å². The zero-order valence-corrected chi connectivity index (χ0v) is 10.4. The molecule has 0 unspecified atom stereocenters. The van der Waals surface area contributed by atoms with Crippen molar-refractivity contribution < 1.29 is 0 Å². The molecule has 0 heterocycles. The quantitative estimate of drug-likeness (QED) is 0.431. The first-order valence-electron chi connectivity index (χ1n) is 6.33. The average molecular weight is 202 g/mol. The van der Waals surface area contributed by atoms with E-state index in [4.69, 9.17) is 0 Å². The Kier molecular flexibility index (Phi) is 32.3. The standard InChI is InChI=1S/C7H16.C6H14.CH4/c1-3-5-7-6-4-2;1-3-5-6-4-2;/h3-7H2,1-2H3;3-6H2,1-2H3;1H4. The molecular formula is C14H34. The lowest BCUT2D eigenvalue weighted by Crippen LogP contribution is -1.70. The molecule has 0 heteroatoms. The maximum atomic E-state index is 2.25. The first-order valence-corrected chi connectivity index (χ1v) is 6.33. The van der Waals surface area contributed by atoms with E-state index >= 15 is 0 Å². The lowest BCUT2D eigenvalue weighted by atomic mass is 10.2. The lowest BCUT2D eigenvalue weighted by molar-refractivity contribution is 0.656. The van der Waals surface area contributed by atoms with Gasteiger partial charge in [0.05, 0.1) is 0 Å². The Morgan fingerprint density at radius 3 is 0.857 bits per heavy atom. The molecule has 0 amide bonds. The largest absolute Gasteiger partial charge is 0.0776 e. The minimum atomic E-state index is 0. The zero-order valence-electron chi connectivity index (χ0n) is 10.4. The average Bonchev–Trinajstić information content (AvgIpc) is 2.17. The van der Waals surface area contributed by atoms with Crippen molar-refractivity contribution in [3.8, 4) is 0 Å². The van der Waals surface area contributed by atoms with Crippen molar-refractivity contribution >= 4 is 0 Å². The van der Waals surface area contributed by atoms with E-state index in [1.54, 1.807) is 0 Å². The SMILES string of the molecule is C.CCCCCC.CCCCCCC. The van der Waals surface area contributed by atoms with Crippen molar-refractivity contribution in [1.82, 2.24) is 0 Å². The number of hydrogen-bond acceptors (Lipinski definition) is 0. The van der Waals surface area contributed by atoms with Crippen molar-refractivity contribution in [2.45, 2.75) is 92.9 Å². The fourth-order valence-electron chi connectivity index (χ4n) is 1.18. The monoisotopic (exact) mass is 202 g/mol. The van der Waals surface area contributed by atoms with Crippen LogP contribution < -0.4 is 0 Å². The van der Waals surface area contributed by atoms with Crippen LogP contribution in [0.3, 0.4) is 0 Å². The van der Waals surface area contributed by atoms with Gasteiger partial charge in [-0.1, -0.05) is 92.9 Å². The van der Waals surface area contributed by atoms with Gasteiger partial charge in [-0.15, -0.1) is 0 Å². The molecule has 90 valence electrons. The van der Waals surface area contributed by atoms with Crippen LogP contribution in [0.4, 0.5) is 0 Å². The molecule has 0 aliphatic rings. The van der Waals surface area contributed by atoms with Gasteiger partial charge in [0, 0.05) is 0 Å². The molecule has 14 heavy (non-hydrogen) atoms. The second kappa shape index (κ2) is 23.1. The highest BCUT2D eigenvalue weighted by molar-refractivity contribution is 4.35. The molecule has 0 nitrogen and oxygen atoms in total. The molecule has 0 aliphatic heterocycles. The van der Waals surface area contributed by atoms with Gasteiger partial charge in [-0.3, -0.25) is 0 Å². The summed E-state index contributed by atoms with van der Waals surface area (Å²) in [6.45, 7) is 8.95. The summed E-state index contributed by atoms with van der Waals surface area (Å²) in [6, 6.07) is 0. The third-order valence-corrected chi connectivity index (χ3v) is 2.16. The van der Waals surface area contributed by atoms with E-state index in [9.17, 15) is 0 Å². The minimum absolute atomic E-state index is 0. The zero-order chi connectivity index (χ0) is 10.4. The fraction of sp³-hybridized carbons (Fsp3) is 1.00. The molecule has 0 spiro atoms. The molecule has 0 atom stereocenters. The maximum Gasteiger partial charge on any atom is -0.0533 e. The minimum Gasteiger partial charge on any atom is -0.0776 e. The Morgan fingerprint density at radius 1 is 0.429 bits per heavy atom. The van der Waals surface area contributed by atoms with Crippen LogP contribution in [0.15, 0.2) is 0 Å². The van der Waals surface area contributed by atoms with Crippen molar-refractivity contribution in [3.63, 3.8) is 0 Å². The van der Waals surface area contributed by atoms with Gasteiger partial charge in [0.2, 0.25) is 0 Å². The smallest absolute Gasteiger partial charge is 0.0533 e. The third kappa shape index (κ3) is 29.6. The van der Waals surface area contributed by atoms with Gasteiger partial charge in [0.15, 0.2) is 0 Å². The molecule has 0 aliphatic carbocycles. The molecule has 0 saturated heterocycles. The molecule has 0 bridgehead atoms. The summed E-state index contributed by atoms with van der Waals surface area (Å²) >= 11 is 0. The van der Waals surface area contributed by atoms with Crippen LogP contribution >= 0.6 is 0 Å². The molecule has 0 radical (unpaired) electrons. The third-order valence-electron chi connectivity index (χ3n) is 2.16. The van der Waals surface area contributed by atoms with Gasteiger partial charge in [0.25, 0.3) is 0 Å². The van der Waals surface area contributed by atoms with E-state index in [0.29, 0.717) is 0 Å². The molecule has 0 fully saturated rings. The summed E-state index contributed by atoms with van der Waals surface area (Å²) in [4.78, 5) is 0. The molecule has 0 aromatic heterocycles. The molecule has 0 saturated carbocycles. The van der Waals surface area contributed by atoms with E-state index in [1.165, 1.54) is 57.8 Å². The predicted octanol–water partition coefficient (Wildman–Crippen LogP) is 6.20. The number of unbranched alkanes of at least 4 members (excludes halogenated alkanes) is 7. The Labute approximate surface area is 93.5 Å². The maximum absolute atomic E-state index is 2.25. The van der Waals surface area contributed by atoms with E-state index < -0.39 is 0 Å². The summed E-state index contributed by atoms with van der Waals surface area (Å²) in [5, 5.41) is 0. The van der Waals surface area contributed by atoms with Crippen LogP contribution in [0, 0.1) is 0 Å². The fourth-order valence-corrected chi connectivity index (χ4v) is 1.18. The van der Waals surface area contributed by atoms with E-state index in [2.05, 4.69) is 27.7 Å². The highest BCUT2D eigenvalue weighted by Crippen LogP contribution is 2.00. The van der Waals surface area contributed by atoms with Crippen molar-refractivity contribution in [1.29, 1.82) is 0 Å². The highest BCUT2D eigenvalue weighted by Gasteiger charge is 1.80. The van der Waals surface area contributed by atoms with Gasteiger partial charge in [0.1, 0.15) is 0 Å². The van der Waals surface area contributed by atoms with Gasteiger partial charge < -0.3 is 0 Å². The second-order valence-electron chi connectivity index (χ2n) is 3.77. The van der Waals surface area contributed by atoms with Gasteiger partial charge >= 0.3 is 0 Å². The second-order valence-corrected chi connectivity index (χ2v) is 3.77. The highest BCUT2D eigenvalue weighted by atomic mass is 13.9. The number of hydrogen-bond donors (Lipinski definition) is 0. The van der Waals surface area contributed by atoms with Crippen LogP contribution in [0.1, 0.15) is 92.9 Å². The lowest BCUT2D eigenvalue weighted by Gasteiger charge is -1.90. The Morgan fingerprint density at radius 2 is 0.643 bits per heavy atom. The van der Waals surface area contributed by atoms with Crippen LogP contribution in [-0.4, -0.2) is 0 Å². The van der Waals surface area contributed by atoms with Crippen LogP contribution in [0.5, 0.6) is 0 Å². The van der Waals surface area contributed by atoms with Crippen LogP contribution in [0.2, 0.25) is 0 Å². The molecule has 0 N–H and O–H groups in total. The van der Waals surface area contributed by atoms with Crippen LogP contribution in [0.25, 0.3) is 0 Å². The predicted molar refractivity (Wildman–Crippen MR) is 71.0 cm³/mol. The summed E-state index contributed by atoms with van der Waals surface area (Å²) in [6.07, 6.45) is 12.5. The van der Waals surface area contributed by atoms with Gasteiger partial charge in [-0.2, -0.15) is 0 Å². The molecule has 0 aromatic carbocycles. The summed E-state index contributed by atoms with van der Waals surface area (Å²) in [7, 11) is 0. The normalized spacial score (nSPS) is 8.57. The van der Waals surface area contributed by atoms with E-state index in [0.717, 1.165) is 0 Å². The molecule has 0 aromatic rings. The first-order chi connectivity index (χ1) is 6.33. The van der Waals surface area contributed by atoms with Crippen LogP contribution in [-0.2, 0) is 0 Å². The Bertz CT molecular complexity index is 49.1. The molecule has 0 rings (SSSR count). The first kappa shape index (κ1) is 19.6. The number of rotatable bonds is 7. The van der Waals surface area contributed by atoms with Gasteiger partial charge in [-0.05, 0) is 0 Å². The van der Waals surface area contributed by atoms with Crippen molar-refractivity contribution in [3.05, 3.63) is 0 Å².